The van der Waals surface area contributed by atoms with Gasteiger partial charge in [0, 0.05) is 11.9 Å². The number of nitrogens with two attached hydrogens (primary N) is 1. The zero-order valence-electron chi connectivity index (χ0n) is 14.1. The largest absolute Gasteiger partial charge is 0.502 e. The fourth-order valence-electron chi connectivity index (χ4n) is 2.96. The van der Waals surface area contributed by atoms with Crippen molar-refractivity contribution in [2.24, 2.45) is 5.14 Å². The van der Waals surface area contributed by atoms with Gasteiger partial charge in [-0.05, 0) is 29.8 Å². The highest BCUT2D eigenvalue weighted by molar-refractivity contribution is 7.94. The third kappa shape index (κ3) is 3.46. The molecule has 0 unspecified atom stereocenters. The average Bonchev–Trinajstić information content (AvgIpc) is 2.86. The molecule has 0 aliphatic carbocycles. The van der Waals surface area contributed by atoms with E-state index >= 15 is 0 Å². The normalized spacial score (nSPS) is 18.2. The molecule has 0 saturated carbocycles. The molecule has 2 aromatic carbocycles. The SMILES string of the molecule is CS(=O)(=O)C1=C(O)C(=O)N(c2ccc(S(N)(=O)=O)cc2)[C@H]1c1ccccc1. The zero-order chi connectivity index (χ0) is 20.0. The number of hydrogen-bond donors (Lipinski definition) is 2. The molecule has 0 spiro atoms. The predicted molar refractivity (Wildman–Crippen MR) is 99.0 cm³/mol. The lowest BCUT2D eigenvalue weighted by molar-refractivity contribution is -0.117. The van der Waals surface area contributed by atoms with E-state index in [2.05, 4.69) is 0 Å². The molecule has 0 radical (unpaired) electrons. The third-order valence-corrected chi connectivity index (χ3v) is 6.26. The minimum Gasteiger partial charge on any atom is -0.502 e. The highest BCUT2D eigenvalue weighted by atomic mass is 32.2. The lowest BCUT2D eigenvalue weighted by Gasteiger charge is -2.26. The van der Waals surface area contributed by atoms with Gasteiger partial charge in [-0.25, -0.2) is 22.0 Å². The number of rotatable bonds is 4. The van der Waals surface area contributed by atoms with Crippen molar-refractivity contribution in [1.29, 1.82) is 0 Å². The van der Waals surface area contributed by atoms with E-state index in [9.17, 15) is 26.7 Å². The topological polar surface area (TPSA) is 135 Å². The third-order valence-electron chi connectivity index (χ3n) is 4.12. The summed E-state index contributed by atoms with van der Waals surface area (Å²) in [5, 5.41) is 15.3. The first-order valence-corrected chi connectivity index (χ1v) is 11.1. The monoisotopic (exact) mass is 408 g/mol. The van der Waals surface area contributed by atoms with Crippen LogP contribution in [-0.4, -0.2) is 34.1 Å². The number of nitrogens with zero attached hydrogens (tertiary/aromatic N) is 1. The highest BCUT2D eigenvalue weighted by Gasteiger charge is 2.45. The van der Waals surface area contributed by atoms with Crippen molar-refractivity contribution >= 4 is 31.5 Å². The van der Waals surface area contributed by atoms with E-state index in [1.165, 1.54) is 24.3 Å². The Kier molecular flexibility index (Phi) is 4.58. The van der Waals surface area contributed by atoms with Gasteiger partial charge >= 0.3 is 0 Å². The molecule has 142 valence electrons. The number of aliphatic hydroxyl groups is 1. The quantitative estimate of drug-likeness (QED) is 0.781. The Labute approximate surface area is 156 Å². The van der Waals surface area contributed by atoms with Gasteiger partial charge in [-0.2, -0.15) is 0 Å². The molecule has 0 fully saturated rings. The number of sulfonamides is 1. The van der Waals surface area contributed by atoms with Gasteiger partial charge in [-0.15, -0.1) is 0 Å². The Morgan fingerprint density at radius 3 is 2.00 bits per heavy atom. The molecule has 1 amide bonds. The number of carbonyl (C=O) groups is 1. The Morgan fingerprint density at radius 2 is 1.52 bits per heavy atom. The summed E-state index contributed by atoms with van der Waals surface area (Å²) in [6.45, 7) is 0. The number of benzene rings is 2. The summed E-state index contributed by atoms with van der Waals surface area (Å²) in [5.74, 6) is -1.76. The Bertz CT molecular complexity index is 1140. The highest BCUT2D eigenvalue weighted by Crippen LogP contribution is 2.42. The van der Waals surface area contributed by atoms with Gasteiger partial charge in [-0.3, -0.25) is 9.69 Å². The Hall–Kier alpha value is -2.69. The van der Waals surface area contributed by atoms with Crippen LogP contribution in [0.4, 0.5) is 5.69 Å². The molecule has 1 aliphatic rings. The summed E-state index contributed by atoms with van der Waals surface area (Å²) in [7, 11) is -7.83. The Balaban J connectivity index is 2.18. The maximum atomic E-state index is 12.6. The lowest BCUT2D eigenvalue weighted by Crippen LogP contribution is -2.31. The van der Waals surface area contributed by atoms with Crippen molar-refractivity contribution in [3.8, 4) is 0 Å². The van der Waals surface area contributed by atoms with Crippen LogP contribution in [0.25, 0.3) is 0 Å². The van der Waals surface area contributed by atoms with Crippen LogP contribution >= 0.6 is 0 Å². The second-order valence-electron chi connectivity index (χ2n) is 6.01. The molecule has 27 heavy (non-hydrogen) atoms. The van der Waals surface area contributed by atoms with E-state index < -0.39 is 42.5 Å². The van der Waals surface area contributed by atoms with Gasteiger partial charge in [0.2, 0.25) is 10.0 Å². The number of primary sulfonamides is 1. The number of sulfone groups is 1. The maximum Gasteiger partial charge on any atom is 0.295 e. The maximum absolute atomic E-state index is 12.6. The summed E-state index contributed by atoms with van der Waals surface area (Å²) in [6, 6.07) is 12.3. The summed E-state index contributed by atoms with van der Waals surface area (Å²) in [5.41, 5.74) is 0.692. The molecule has 10 heteroatoms. The molecule has 8 nitrogen and oxygen atoms in total. The molecular formula is C17H16N2O6S2. The fourth-order valence-corrected chi connectivity index (χ4v) is 4.56. The number of aliphatic hydroxyl groups excluding tert-OH is 1. The predicted octanol–water partition coefficient (Wildman–Crippen LogP) is 1.24. The van der Waals surface area contributed by atoms with Crippen LogP contribution in [0, 0.1) is 0 Å². The van der Waals surface area contributed by atoms with Crippen molar-refractivity contribution in [2.75, 3.05) is 11.2 Å². The Morgan fingerprint density at radius 1 is 0.963 bits per heavy atom. The second-order valence-corrected chi connectivity index (χ2v) is 9.56. The van der Waals surface area contributed by atoms with Gasteiger partial charge in [0.1, 0.15) is 10.9 Å². The molecule has 3 N–H and O–H groups in total. The van der Waals surface area contributed by atoms with E-state index in [0.29, 0.717) is 5.56 Å². The van der Waals surface area contributed by atoms with E-state index in [1.807, 2.05) is 0 Å². The second kappa shape index (κ2) is 6.48. The number of anilines is 1. The van der Waals surface area contributed by atoms with Crippen LogP contribution in [0.15, 0.2) is 70.2 Å². The summed E-state index contributed by atoms with van der Waals surface area (Å²) in [6.07, 6.45) is 0.912. The first-order valence-electron chi connectivity index (χ1n) is 7.66. The van der Waals surface area contributed by atoms with Crippen LogP contribution in [0.3, 0.4) is 0 Å². The van der Waals surface area contributed by atoms with Crippen LogP contribution in [-0.2, 0) is 24.7 Å². The van der Waals surface area contributed by atoms with E-state index in [4.69, 9.17) is 5.14 Å². The first kappa shape index (κ1) is 19.1. The molecule has 1 atom stereocenters. The molecule has 0 aromatic heterocycles. The minimum absolute atomic E-state index is 0.158. The zero-order valence-corrected chi connectivity index (χ0v) is 15.7. The van der Waals surface area contributed by atoms with Crippen LogP contribution in [0.2, 0.25) is 0 Å². The van der Waals surface area contributed by atoms with Crippen molar-refractivity contribution in [2.45, 2.75) is 10.9 Å². The summed E-state index contributed by atoms with van der Waals surface area (Å²) >= 11 is 0. The van der Waals surface area contributed by atoms with Crippen molar-refractivity contribution in [1.82, 2.24) is 0 Å². The van der Waals surface area contributed by atoms with Crippen LogP contribution in [0.1, 0.15) is 11.6 Å². The molecule has 1 heterocycles. The average molecular weight is 408 g/mol. The van der Waals surface area contributed by atoms with Crippen molar-refractivity contribution < 1.29 is 26.7 Å². The number of hydrogen-bond acceptors (Lipinski definition) is 6. The van der Waals surface area contributed by atoms with Gasteiger partial charge in [0.05, 0.1) is 4.90 Å². The number of amides is 1. The standard InChI is InChI=1S/C17H16N2O6S2/c1-26(22,23)16-14(11-5-3-2-4-6-11)19(17(21)15(16)20)12-7-9-13(10-8-12)27(18,24)25/h2-10,14,20H,1H3,(H2,18,24,25)/t14-/m0/s1. The van der Waals surface area contributed by atoms with Crippen LogP contribution in [0.5, 0.6) is 0 Å². The summed E-state index contributed by atoms with van der Waals surface area (Å²) < 4.78 is 47.3. The van der Waals surface area contributed by atoms with Crippen molar-refractivity contribution in [3.05, 3.63) is 70.8 Å². The van der Waals surface area contributed by atoms with Crippen molar-refractivity contribution in [3.63, 3.8) is 0 Å². The van der Waals surface area contributed by atoms with E-state index in [-0.39, 0.29) is 10.6 Å². The molecule has 2 aromatic rings. The van der Waals surface area contributed by atoms with Gasteiger partial charge in [-0.1, -0.05) is 30.3 Å². The summed E-state index contributed by atoms with van der Waals surface area (Å²) in [4.78, 5) is 13.2. The van der Waals surface area contributed by atoms with E-state index in [0.717, 1.165) is 11.2 Å². The fraction of sp³-hybridized carbons (Fsp3) is 0.118. The minimum atomic E-state index is -3.93. The van der Waals surface area contributed by atoms with Gasteiger partial charge in [0.25, 0.3) is 5.91 Å². The number of carbonyl (C=O) groups excluding carboxylic acids is 1. The van der Waals surface area contributed by atoms with E-state index in [1.54, 1.807) is 30.3 Å². The molecule has 1 aliphatic heterocycles. The van der Waals surface area contributed by atoms with Gasteiger partial charge < -0.3 is 5.11 Å². The molecular weight excluding hydrogens is 392 g/mol. The molecule has 3 rings (SSSR count). The molecule has 0 bridgehead atoms. The molecule has 0 saturated heterocycles. The first-order chi connectivity index (χ1) is 12.5. The van der Waals surface area contributed by atoms with Crippen LogP contribution < -0.4 is 10.0 Å². The van der Waals surface area contributed by atoms with Gasteiger partial charge in [0.15, 0.2) is 15.6 Å². The smallest absolute Gasteiger partial charge is 0.295 e. The lowest BCUT2D eigenvalue weighted by atomic mass is 10.1.